The number of hydrogen-bond donors (Lipinski definition) is 2. The second-order valence-corrected chi connectivity index (χ2v) is 6.59. The van der Waals surface area contributed by atoms with Crippen molar-refractivity contribution in [2.45, 2.75) is 32.2 Å². The van der Waals surface area contributed by atoms with Crippen LogP contribution in [0.1, 0.15) is 31.2 Å². The first-order valence-corrected chi connectivity index (χ1v) is 8.00. The fourth-order valence-electron chi connectivity index (χ4n) is 3.88. The molecule has 2 aliphatic rings. The van der Waals surface area contributed by atoms with Crippen molar-refractivity contribution in [1.29, 1.82) is 0 Å². The minimum atomic E-state index is 0.372. The molecule has 1 atom stereocenters. The maximum Gasteiger partial charge on any atom is 0.120 e. The van der Waals surface area contributed by atoms with Crippen LogP contribution in [-0.4, -0.2) is 43.3 Å². The predicted octanol–water partition coefficient (Wildman–Crippen LogP) is 2.37. The average molecular weight is 290 g/mol. The van der Waals surface area contributed by atoms with Gasteiger partial charge in [0.15, 0.2) is 0 Å². The maximum absolute atomic E-state index is 10.1. The average Bonchev–Trinajstić information content (AvgIpc) is 2.50. The van der Waals surface area contributed by atoms with E-state index in [1.54, 1.807) is 13.2 Å². The SMILES string of the molecule is COc1ccc(O)c(CN2CCCC3(CCCNC3)C2)c1. The van der Waals surface area contributed by atoms with Crippen LogP contribution >= 0.6 is 0 Å². The van der Waals surface area contributed by atoms with Gasteiger partial charge in [-0.15, -0.1) is 0 Å². The molecular formula is C17H26N2O2. The Hall–Kier alpha value is -1.26. The molecule has 2 aliphatic heterocycles. The number of hydrogen-bond acceptors (Lipinski definition) is 4. The minimum absolute atomic E-state index is 0.372. The number of rotatable bonds is 3. The van der Waals surface area contributed by atoms with Gasteiger partial charge in [0, 0.05) is 25.2 Å². The van der Waals surface area contributed by atoms with Crippen LogP contribution in [0.2, 0.25) is 0 Å². The fraction of sp³-hybridized carbons (Fsp3) is 0.647. The number of ether oxygens (including phenoxy) is 1. The van der Waals surface area contributed by atoms with Crippen LogP contribution in [0, 0.1) is 5.41 Å². The summed E-state index contributed by atoms with van der Waals surface area (Å²) in [6.07, 6.45) is 5.21. The van der Waals surface area contributed by atoms with Crippen LogP contribution < -0.4 is 10.1 Å². The Morgan fingerprint density at radius 1 is 1.33 bits per heavy atom. The zero-order valence-corrected chi connectivity index (χ0v) is 12.9. The Morgan fingerprint density at radius 3 is 2.95 bits per heavy atom. The Balaban J connectivity index is 1.69. The van der Waals surface area contributed by atoms with Crippen LogP contribution in [0.15, 0.2) is 18.2 Å². The molecule has 2 N–H and O–H groups in total. The molecule has 0 saturated carbocycles. The lowest BCUT2D eigenvalue weighted by Crippen LogP contribution is -2.50. The molecule has 2 heterocycles. The van der Waals surface area contributed by atoms with Gasteiger partial charge in [-0.05, 0) is 62.4 Å². The van der Waals surface area contributed by atoms with Crippen molar-refractivity contribution in [2.24, 2.45) is 5.41 Å². The van der Waals surface area contributed by atoms with E-state index in [4.69, 9.17) is 4.74 Å². The summed E-state index contributed by atoms with van der Waals surface area (Å²) in [5.74, 6) is 1.19. The van der Waals surface area contributed by atoms with E-state index >= 15 is 0 Å². The summed E-state index contributed by atoms with van der Waals surface area (Å²) in [6, 6.07) is 5.49. The molecule has 2 saturated heterocycles. The van der Waals surface area contributed by atoms with Gasteiger partial charge in [0.1, 0.15) is 11.5 Å². The van der Waals surface area contributed by atoms with Gasteiger partial charge in [-0.1, -0.05) is 0 Å². The van der Waals surface area contributed by atoms with Gasteiger partial charge < -0.3 is 15.2 Å². The third kappa shape index (κ3) is 3.33. The second kappa shape index (κ2) is 6.24. The van der Waals surface area contributed by atoms with Gasteiger partial charge in [0.25, 0.3) is 0 Å². The number of phenols is 1. The Kier molecular flexibility index (Phi) is 4.36. The molecule has 2 fully saturated rings. The van der Waals surface area contributed by atoms with Crippen molar-refractivity contribution < 1.29 is 9.84 Å². The van der Waals surface area contributed by atoms with E-state index in [-0.39, 0.29) is 0 Å². The lowest BCUT2D eigenvalue weighted by Gasteiger charge is -2.45. The van der Waals surface area contributed by atoms with E-state index in [0.29, 0.717) is 11.2 Å². The van der Waals surface area contributed by atoms with E-state index < -0.39 is 0 Å². The van der Waals surface area contributed by atoms with Gasteiger partial charge in [0.05, 0.1) is 7.11 Å². The summed E-state index contributed by atoms with van der Waals surface area (Å²) in [7, 11) is 1.67. The van der Waals surface area contributed by atoms with Gasteiger partial charge in [-0.2, -0.15) is 0 Å². The number of nitrogens with one attached hydrogen (secondary N) is 1. The van der Waals surface area contributed by atoms with Crippen molar-refractivity contribution in [1.82, 2.24) is 10.2 Å². The number of methoxy groups -OCH3 is 1. The molecule has 0 radical (unpaired) electrons. The normalized spacial score (nSPS) is 26.9. The first kappa shape index (κ1) is 14.7. The Bertz CT molecular complexity index is 478. The third-order valence-corrected chi connectivity index (χ3v) is 4.98. The number of likely N-dealkylation sites (tertiary alicyclic amines) is 1. The van der Waals surface area contributed by atoms with E-state index in [9.17, 15) is 5.11 Å². The lowest BCUT2D eigenvalue weighted by atomic mass is 9.74. The van der Waals surface area contributed by atoms with Crippen molar-refractivity contribution >= 4 is 0 Å². The molecule has 1 unspecified atom stereocenters. The van der Waals surface area contributed by atoms with E-state index in [1.807, 2.05) is 12.1 Å². The first-order chi connectivity index (χ1) is 10.2. The molecule has 4 nitrogen and oxygen atoms in total. The zero-order valence-electron chi connectivity index (χ0n) is 12.9. The summed E-state index contributed by atoms with van der Waals surface area (Å²) in [5.41, 5.74) is 1.42. The highest BCUT2D eigenvalue weighted by molar-refractivity contribution is 5.39. The molecule has 0 amide bonds. The predicted molar refractivity (Wildman–Crippen MR) is 83.7 cm³/mol. The highest BCUT2D eigenvalue weighted by atomic mass is 16.5. The van der Waals surface area contributed by atoms with Gasteiger partial charge in [0.2, 0.25) is 0 Å². The van der Waals surface area contributed by atoms with Crippen molar-refractivity contribution in [2.75, 3.05) is 33.3 Å². The number of piperidine rings is 2. The van der Waals surface area contributed by atoms with E-state index in [1.165, 1.54) is 32.2 Å². The standard InChI is InChI=1S/C17H26N2O2/c1-21-15-4-5-16(20)14(10-15)11-19-9-3-7-17(13-19)6-2-8-18-12-17/h4-5,10,18,20H,2-3,6-9,11-13H2,1H3. The summed E-state index contributed by atoms with van der Waals surface area (Å²) in [6.45, 7) is 5.38. The van der Waals surface area contributed by atoms with E-state index in [2.05, 4.69) is 10.2 Å². The second-order valence-electron chi connectivity index (χ2n) is 6.59. The maximum atomic E-state index is 10.1. The lowest BCUT2D eigenvalue weighted by molar-refractivity contribution is 0.0596. The minimum Gasteiger partial charge on any atom is -0.508 e. The molecule has 1 spiro atoms. The molecule has 4 heteroatoms. The number of aromatic hydroxyl groups is 1. The van der Waals surface area contributed by atoms with Crippen LogP contribution in [0.25, 0.3) is 0 Å². The highest BCUT2D eigenvalue weighted by Crippen LogP contribution is 2.37. The smallest absolute Gasteiger partial charge is 0.120 e. The van der Waals surface area contributed by atoms with Crippen molar-refractivity contribution in [3.63, 3.8) is 0 Å². The van der Waals surface area contributed by atoms with Crippen LogP contribution in [0.5, 0.6) is 11.5 Å². The van der Waals surface area contributed by atoms with Gasteiger partial charge in [-0.25, -0.2) is 0 Å². The Labute approximate surface area is 127 Å². The summed E-state index contributed by atoms with van der Waals surface area (Å²) >= 11 is 0. The molecule has 116 valence electrons. The third-order valence-electron chi connectivity index (χ3n) is 4.98. The topological polar surface area (TPSA) is 44.7 Å². The molecule has 1 aromatic rings. The highest BCUT2D eigenvalue weighted by Gasteiger charge is 2.36. The first-order valence-electron chi connectivity index (χ1n) is 8.00. The van der Waals surface area contributed by atoms with Crippen molar-refractivity contribution in [3.05, 3.63) is 23.8 Å². The molecule has 0 bridgehead atoms. The van der Waals surface area contributed by atoms with Gasteiger partial charge >= 0.3 is 0 Å². The monoisotopic (exact) mass is 290 g/mol. The largest absolute Gasteiger partial charge is 0.508 e. The van der Waals surface area contributed by atoms with Crippen LogP contribution in [0.4, 0.5) is 0 Å². The number of nitrogens with zero attached hydrogens (tertiary/aromatic N) is 1. The quantitative estimate of drug-likeness (QED) is 0.897. The van der Waals surface area contributed by atoms with Crippen molar-refractivity contribution in [3.8, 4) is 11.5 Å². The zero-order chi connectivity index (χ0) is 14.7. The molecule has 21 heavy (non-hydrogen) atoms. The summed E-state index contributed by atoms with van der Waals surface area (Å²) in [5, 5.41) is 13.6. The molecule has 0 aliphatic carbocycles. The van der Waals surface area contributed by atoms with Gasteiger partial charge in [-0.3, -0.25) is 4.90 Å². The molecule has 3 rings (SSSR count). The number of phenolic OH excluding ortho intramolecular Hbond substituents is 1. The Morgan fingerprint density at radius 2 is 2.19 bits per heavy atom. The summed E-state index contributed by atoms with van der Waals surface area (Å²) in [4.78, 5) is 2.49. The number of benzene rings is 1. The van der Waals surface area contributed by atoms with Crippen LogP contribution in [-0.2, 0) is 6.54 Å². The van der Waals surface area contributed by atoms with E-state index in [0.717, 1.165) is 37.5 Å². The fourth-order valence-corrected chi connectivity index (χ4v) is 3.88. The molecule has 0 aromatic heterocycles. The molecule has 1 aromatic carbocycles. The summed E-state index contributed by atoms with van der Waals surface area (Å²) < 4.78 is 5.27. The molecular weight excluding hydrogens is 264 g/mol. The van der Waals surface area contributed by atoms with Crippen LogP contribution in [0.3, 0.4) is 0 Å².